The molecule has 2 amide bonds. The van der Waals surface area contributed by atoms with Gasteiger partial charge in [0, 0.05) is 28.8 Å². The molecule has 23 heavy (non-hydrogen) atoms. The molecule has 1 aliphatic heterocycles. The fourth-order valence-corrected chi connectivity index (χ4v) is 3.05. The summed E-state index contributed by atoms with van der Waals surface area (Å²) in [5.41, 5.74) is 2.71. The van der Waals surface area contributed by atoms with Crippen molar-refractivity contribution in [1.82, 2.24) is 0 Å². The second kappa shape index (κ2) is 6.54. The minimum Gasteiger partial charge on any atom is -0.326 e. The lowest BCUT2D eigenvalue weighted by atomic mass is 10.1. The minimum absolute atomic E-state index is 0.0212. The summed E-state index contributed by atoms with van der Waals surface area (Å²) in [7, 11) is 0. The quantitative estimate of drug-likeness (QED) is 0.891. The van der Waals surface area contributed by atoms with Crippen molar-refractivity contribution in [3.63, 3.8) is 0 Å². The van der Waals surface area contributed by atoms with Crippen LogP contribution < -0.4 is 10.2 Å². The summed E-state index contributed by atoms with van der Waals surface area (Å²) >= 11 is 3.41. The zero-order valence-corrected chi connectivity index (χ0v) is 14.3. The van der Waals surface area contributed by atoms with Crippen LogP contribution in [0.15, 0.2) is 53.0 Å². The molecular weight excluding hydrogens is 356 g/mol. The van der Waals surface area contributed by atoms with E-state index in [-0.39, 0.29) is 24.2 Å². The molecule has 1 N–H and O–H groups in total. The van der Waals surface area contributed by atoms with Crippen LogP contribution in [-0.2, 0) is 9.59 Å². The Bertz CT molecular complexity index is 743. The highest BCUT2D eigenvalue weighted by Gasteiger charge is 2.35. The number of anilines is 2. The van der Waals surface area contributed by atoms with Crippen LogP contribution in [-0.4, -0.2) is 18.4 Å². The average Bonchev–Trinajstić information content (AvgIpc) is 2.92. The fourth-order valence-electron chi connectivity index (χ4n) is 2.66. The van der Waals surface area contributed by atoms with Gasteiger partial charge < -0.3 is 10.2 Å². The van der Waals surface area contributed by atoms with Crippen molar-refractivity contribution in [2.45, 2.75) is 13.3 Å². The Hall–Kier alpha value is -2.14. The summed E-state index contributed by atoms with van der Waals surface area (Å²) in [6.07, 6.45) is 0.240. The van der Waals surface area contributed by atoms with Crippen molar-refractivity contribution in [2.24, 2.45) is 5.92 Å². The first-order valence-corrected chi connectivity index (χ1v) is 8.26. The number of halogens is 1. The highest BCUT2D eigenvalue weighted by molar-refractivity contribution is 9.10. The summed E-state index contributed by atoms with van der Waals surface area (Å²) in [6.45, 7) is 2.41. The number of nitrogens with one attached hydrogen (secondary N) is 1. The van der Waals surface area contributed by atoms with Gasteiger partial charge in [-0.05, 0) is 37.3 Å². The zero-order valence-electron chi connectivity index (χ0n) is 12.8. The SMILES string of the molecule is Cc1ccc(NC(=O)C2CC(=O)N(c3cccc(Br)c3)C2)cc1. The number of aryl methyl sites for hydroxylation is 1. The molecule has 1 saturated heterocycles. The van der Waals surface area contributed by atoms with Crippen LogP contribution in [0, 0.1) is 12.8 Å². The first-order chi connectivity index (χ1) is 11.0. The number of rotatable bonds is 3. The van der Waals surface area contributed by atoms with Gasteiger partial charge in [-0.3, -0.25) is 9.59 Å². The lowest BCUT2D eigenvalue weighted by Crippen LogP contribution is -2.28. The van der Waals surface area contributed by atoms with Crippen molar-refractivity contribution < 1.29 is 9.59 Å². The van der Waals surface area contributed by atoms with Gasteiger partial charge in [-0.1, -0.05) is 39.7 Å². The second-order valence-electron chi connectivity index (χ2n) is 5.74. The Morgan fingerprint density at radius 3 is 2.65 bits per heavy atom. The van der Waals surface area contributed by atoms with Crippen molar-refractivity contribution in [3.05, 3.63) is 58.6 Å². The molecule has 2 aromatic rings. The Balaban J connectivity index is 1.69. The number of benzene rings is 2. The zero-order chi connectivity index (χ0) is 16.4. The van der Waals surface area contributed by atoms with Gasteiger partial charge in [0.2, 0.25) is 11.8 Å². The topological polar surface area (TPSA) is 49.4 Å². The fraction of sp³-hybridized carbons (Fsp3) is 0.222. The van der Waals surface area contributed by atoms with E-state index in [1.165, 1.54) is 0 Å². The van der Waals surface area contributed by atoms with Gasteiger partial charge in [0.25, 0.3) is 0 Å². The molecule has 0 radical (unpaired) electrons. The van der Waals surface area contributed by atoms with Gasteiger partial charge in [-0.15, -0.1) is 0 Å². The van der Waals surface area contributed by atoms with Crippen LogP contribution in [0.1, 0.15) is 12.0 Å². The largest absolute Gasteiger partial charge is 0.326 e. The molecule has 1 heterocycles. The molecule has 1 atom stereocenters. The van der Waals surface area contributed by atoms with E-state index in [2.05, 4.69) is 21.2 Å². The Labute approximate surface area is 143 Å². The molecule has 0 spiro atoms. The van der Waals surface area contributed by atoms with Gasteiger partial charge in [0.15, 0.2) is 0 Å². The highest BCUT2D eigenvalue weighted by atomic mass is 79.9. The van der Waals surface area contributed by atoms with Crippen LogP contribution in [0.25, 0.3) is 0 Å². The predicted molar refractivity (Wildman–Crippen MR) is 94.4 cm³/mol. The molecule has 3 rings (SSSR count). The lowest BCUT2D eigenvalue weighted by molar-refractivity contribution is -0.122. The van der Waals surface area contributed by atoms with Crippen molar-refractivity contribution in [2.75, 3.05) is 16.8 Å². The normalized spacial score (nSPS) is 17.4. The summed E-state index contributed by atoms with van der Waals surface area (Å²) in [5.74, 6) is -0.463. The molecule has 4 nitrogen and oxygen atoms in total. The van der Waals surface area contributed by atoms with Crippen molar-refractivity contribution >= 4 is 39.1 Å². The van der Waals surface area contributed by atoms with Gasteiger partial charge in [0.1, 0.15) is 0 Å². The van der Waals surface area contributed by atoms with E-state index in [9.17, 15) is 9.59 Å². The monoisotopic (exact) mass is 372 g/mol. The third kappa shape index (κ3) is 3.62. The predicted octanol–water partition coefficient (Wildman–Crippen LogP) is 3.75. The summed E-state index contributed by atoms with van der Waals surface area (Å²) in [6, 6.07) is 15.2. The van der Waals surface area contributed by atoms with Gasteiger partial charge in [0.05, 0.1) is 5.92 Å². The summed E-state index contributed by atoms with van der Waals surface area (Å²) < 4.78 is 0.912. The smallest absolute Gasteiger partial charge is 0.229 e. The molecule has 1 unspecified atom stereocenters. The van der Waals surface area contributed by atoms with E-state index in [1.807, 2.05) is 55.5 Å². The summed E-state index contributed by atoms with van der Waals surface area (Å²) in [5, 5.41) is 2.89. The molecule has 0 aliphatic carbocycles. The molecule has 2 aromatic carbocycles. The Morgan fingerprint density at radius 2 is 1.96 bits per heavy atom. The third-order valence-electron chi connectivity index (χ3n) is 3.93. The van der Waals surface area contributed by atoms with E-state index in [0.717, 1.165) is 21.4 Å². The Morgan fingerprint density at radius 1 is 1.22 bits per heavy atom. The molecule has 1 fully saturated rings. The number of carbonyl (C=O) groups is 2. The first-order valence-electron chi connectivity index (χ1n) is 7.46. The molecular formula is C18H17BrN2O2. The molecule has 118 valence electrons. The number of nitrogens with zero attached hydrogens (tertiary/aromatic N) is 1. The van der Waals surface area contributed by atoms with E-state index >= 15 is 0 Å². The van der Waals surface area contributed by atoms with Gasteiger partial charge >= 0.3 is 0 Å². The number of amides is 2. The van der Waals surface area contributed by atoms with Crippen LogP contribution in [0.5, 0.6) is 0 Å². The van der Waals surface area contributed by atoms with E-state index in [1.54, 1.807) is 4.90 Å². The van der Waals surface area contributed by atoms with Gasteiger partial charge in [-0.2, -0.15) is 0 Å². The standard InChI is InChI=1S/C18H17BrN2O2/c1-12-5-7-15(8-6-12)20-18(23)13-9-17(22)21(11-13)16-4-2-3-14(19)10-16/h2-8,10,13H,9,11H2,1H3,(H,20,23). The van der Waals surface area contributed by atoms with E-state index in [4.69, 9.17) is 0 Å². The minimum atomic E-state index is -0.331. The first kappa shape index (κ1) is 15.7. The molecule has 0 aromatic heterocycles. The van der Waals surface area contributed by atoms with Crippen molar-refractivity contribution in [3.8, 4) is 0 Å². The molecule has 5 heteroatoms. The number of carbonyl (C=O) groups excluding carboxylic acids is 2. The number of hydrogen-bond acceptors (Lipinski definition) is 2. The highest BCUT2D eigenvalue weighted by Crippen LogP contribution is 2.28. The maximum absolute atomic E-state index is 12.4. The number of hydrogen-bond donors (Lipinski definition) is 1. The van der Waals surface area contributed by atoms with E-state index in [0.29, 0.717) is 6.54 Å². The Kier molecular flexibility index (Phi) is 4.48. The maximum atomic E-state index is 12.4. The van der Waals surface area contributed by atoms with Crippen LogP contribution >= 0.6 is 15.9 Å². The molecule has 0 bridgehead atoms. The third-order valence-corrected chi connectivity index (χ3v) is 4.43. The van der Waals surface area contributed by atoms with Crippen LogP contribution in [0.4, 0.5) is 11.4 Å². The summed E-state index contributed by atoms with van der Waals surface area (Å²) in [4.78, 5) is 26.3. The van der Waals surface area contributed by atoms with E-state index < -0.39 is 0 Å². The second-order valence-corrected chi connectivity index (χ2v) is 6.66. The lowest BCUT2D eigenvalue weighted by Gasteiger charge is -2.17. The molecule has 0 saturated carbocycles. The van der Waals surface area contributed by atoms with Crippen LogP contribution in [0.3, 0.4) is 0 Å². The van der Waals surface area contributed by atoms with Gasteiger partial charge in [-0.25, -0.2) is 0 Å². The average molecular weight is 373 g/mol. The maximum Gasteiger partial charge on any atom is 0.229 e. The molecule has 1 aliphatic rings. The van der Waals surface area contributed by atoms with Crippen molar-refractivity contribution in [1.29, 1.82) is 0 Å². The van der Waals surface area contributed by atoms with Crippen LogP contribution in [0.2, 0.25) is 0 Å².